The molecule has 0 aromatic heterocycles. The average molecular weight is 351 g/mol. The first-order valence-corrected chi connectivity index (χ1v) is 9.17. The number of rotatable bonds is 6. The van der Waals surface area contributed by atoms with E-state index < -0.39 is 0 Å². The lowest BCUT2D eigenvalue weighted by Gasteiger charge is -2.27. The summed E-state index contributed by atoms with van der Waals surface area (Å²) in [4.78, 5) is 26.8. The third kappa shape index (κ3) is 4.85. The van der Waals surface area contributed by atoms with E-state index in [9.17, 15) is 9.59 Å². The molecule has 3 rings (SSSR count). The van der Waals surface area contributed by atoms with Gasteiger partial charge in [-0.1, -0.05) is 42.5 Å². The maximum Gasteiger partial charge on any atom is 0.253 e. The third-order valence-electron chi connectivity index (χ3n) is 4.61. The van der Waals surface area contributed by atoms with Crippen molar-refractivity contribution >= 4 is 17.5 Å². The number of para-hydroxylation sites is 1. The number of hydrogen-bond donors (Lipinski definition) is 2. The summed E-state index contributed by atoms with van der Waals surface area (Å²) in [6.07, 6.45) is 3.34. The van der Waals surface area contributed by atoms with Crippen LogP contribution < -0.4 is 10.6 Å². The highest BCUT2D eigenvalue weighted by Crippen LogP contribution is 2.16. The quantitative estimate of drug-likeness (QED) is 0.841. The maximum atomic E-state index is 12.5. The van der Waals surface area contributed by atoms with Gasteiger partial charge in [0.25, 0.3) is 5.91 Å². The standard InChI is InChI=1S/C21H25N3O2/c25-20(24-13-7-2-8-14-24)16-22-19-12-6-5-11-18(19)21(26)23-15-17-9-3-1-4-10-17/h1,3-6,9-12,22H,2,7-8,13-16H2,(H,23,26). The number of piperidine rings is 1. The number of amides is 2. The minimum atomic E-state index is -0.151. The van der Waals surface area contributed by atoms with E-state index in [4.69, 9.17) is 0 Å². The number of nitrogens with zero attached hydrogens (tertiary/aromatic N) is 1. The topological polar surface area (TPSA) is 61.4 Å². The van der Waals surface area contributed by atoms with E-state index >= 15 is 0 Å². The molecule has 0 atom stereocenters. The summed E-state index contributed by atoms with van der Waals surface area (Å²) in [5.41, 5.74) is 2.28. The number of carbonyl (C=O) groups is 2. The Bertz CT molecular complexity index is 740. The molecule has 1 aliphatic rings. The first-order chi connectivity index (χ1) is 12.7. The zero-order valence-electron chi connectivity index (χ0n) is 14.9. The molecule has 1 fully saturated rings. The molecule has 5 nitrogen and oxygen atoms in total. The SMILES string of the molecule is O=C(NCc1ccccc1)c1ccccc1NCC(=O)N1CCCCC1. The van der Waals surface area contributed by atoms with E-state index in [0.717, 1.165) is 31.5 Å². The lowest BCUT2D eigenvalue weighted by atomic mass is 10.1. The van der Waals surface area contributed by atoms with E-state index in [0.29, 0.717) is 17.8 Å². The molecule has 2 aromatic rings. The van der Waals surface area contributed by atoms with E-state index in [1.807, 2.05) is 53.4 Å². The molecule has 1 aliphatic heterocycles. The van der Waals surface area contributed by atoms with Gasteiger partial charge in [0.15, 0.2) is 0 Å². The second-order valence-corrected chi connectivity index (χ2v) is 6.51. The lowest BCUT2D eigenvalue weighted by Crippen LogP contribution is -2.39. The first-order valence-electron chi connectivity index (χ1n) is 9.17. The third-order valence-corrected chi connectivity index (χ3v) is 4.61. The van der Waals surface area contributed by atoms with Crippen molar-refractivity contribution in [3.63, 3.8) is 0 Å². The number of nitrogens with one attached hydrogen (secondary N) is 2. The van der Waals surface area contributed by atoms with Gasteiger partial charge >= 0.3 is 0 Å². The fraction of sp³-hybridized carbons (Fsp3) is 0.333. The smallest absolute Gasteiger partial charge is 0.253 e. The Morgan fingerprint density at radius 1 is 0.885 bits per heavy atom. The van der Waals surface area contributed by atoms with Crippen LogP contribution in [0.25, 0.3) is 0 Å². The van der Waals surface area contributed by atoms with Crippen molar-refractivity contribution in [2.45, 2.75) is 25.8 Å². The van der Waals surface area contributed by atoms with Crippen LogP contribution in [-0.2, 0) is 11.3 Å². The Balaban J connectivity index is 1.58. The van der Waals surface area contributed by atoms with E-state index in [2.05, 4.69) is 10.6 Å². The van der Waals surface area contributed by atoms with Gasteiger partial charge < -0.3 is 15.5 Å². The van der Waals surface area contributed by atoms with Crippen LogP contribution in [0.15, 0.2) is 54.6 Å². The highest BCUT2D eigenvalue weighted by Gasteiger charge is 2.17. The van der Waals surface area contributed by atoms with Crippen LogP contribution >= 0.6 is 0 Å². The van der Waals surface area contributed by atoms with Crippen molar-refractivity contribution in [3.8, 4) is 0 Å². The fourth-order valence-electron chi connectivity index (χ4n) is 3.13. The summed E-state index contributed by atoms with van der Waals surface area (Å²) in [5, 5.41) is 6.07. The van der Waals surface area contributed by atoms with Gasteiger partial charge in [-0.25, -0.2) is 0 Å². The molecule has 0 saturated carbocycles. The molecule has 1 saturated heterocycles. The Morgan fingerprint density at radius 3 is 2.35 bits per heavy atom. The fourth-order valence-corrected chi connectivity index (χ4v) is 3.13. The van der Waals surface area contributed by atoms with Crippen molar-refractivity contribution in [2.75, 3.05) is 25.0 Å². The summed E-state index contributed by atoms with van der Waals surface area (Å²) in [7, 11) is 0. The molecule has 0 aliphatic carbocycles. The molecule has 2 N–H and O–H groups in total. The molecule has 136 valence electrons. The minimum Gasteiger partial charge on any atom is -0.376 e. The van der Waals surface area contributed by atoms with E-state index in [1.54, 1.807) is 6.07 Å². The average Bonchev–Trinajstić information content (AvgIpc) is 2.72. The van der Waals surface area contributed by atoms with Crippen LogP contribution in [0.5, 0.6) is 0 Å². The van der Waals surface area contributed by atoms with Crippen molar-refractivity contribution in [2.24, 2.45) is 0 Å². The van der Waals surface area contributed by atoms with Crippen LogP contribution in [0, 0.1) is 0 Å². The summed E-state index contributed by atoms with van der Waals surface area (Å²) in [6.45, 7) is 2.35. The maximum absolute atomic E-state index is 12.5. The lowest BCUT2D eigenvalue weighted by molar-refractivity contribution is -0.130. The van der Waals surface area contributed by atoms with E-state index in [1.165, 1.54) is 6.42 Å². The highest BCUT2D eigenvalue weighted by molar-refractivity contribution is 6.00. The molecule has 5 heteroatoms. The summed E-state index contributed by atoms with van der Waals surface area (Å²) in [6, 6.07) is 17.1. The van der Waals surface area contributed by atoms with Gasteiger partial charge in [0.1, 0.15) is 0 Å². The second kappa shape index (κ2) is 9.04. The number of anilines is 1. The first kappa shape index (κ1) is 18.0. The van der Waals surface area contributed by atoms with Crippen molar-refractivity contribution in [1.82, 2.24) is 10.2 Å². The van der Waals surface area contributed by atoms with Crippen LogP contribution in [0.1, 0.15) is 35.2 Å². The Labute approximate surface area is 154 Å². The number of carbonyl (C=O) groups excluding carboxylic acids is 2. The molecule has 0 spiro atoms. The highest BCUT2D eigenvalue weighted by atomic mass is 16.2. The molecule has 0 unspecified atom stereocenters. The largest absolute Gasteiger partial charge is 0.376 e. The van der Waals surface area contributed by atoms with Crippen LogP contribution in [-0.4, -0.2) is 36.3 Å². The summed E-state index contributed by atoms with van der Waals surface area (Å²) < 4.78 is 0. The molecule has 0 radical (unpaired) electrons. The van der Waals surface area contributed by atoms with Crippen LogP contribution in [0.3, 0.4) is 0 Å². The van der Waals surface area contributed by atoms with Gasteiger partial charge in [-0.2, -0.15) is 0 Å². The van der Waals surface area contributed by atoms with Gasteiger partial charge in [0, 0.05) is 25.3 Å². The Kier molecular flexibility index (Phi) is 6.25. The predicted octanol–water partition coefficient (Wildman–Crippen LogP) is 3.04. The Morgan fingerprint density at radius 2 is 1.58 bits per heavy atom. The van der Waals surface area contributed by atoms with Gasteiger partial charge in [-0.15, -0.1) is 0 Å². The van der Waals surface area contributed by atoms with E-state index in [-0.39, 0.29) is 18.4 Å². The molecule has 2 aromatic carbocycles. The number of benzene rings is 2. The minimum absolute atomic E-state index is 0.0872. The second-order valence-electron chi connectivity index (χ2n) is 6.51. The number of likely N-dealkylation sites (tertiary alicyclic amines) is 1. The summed E-state index contributed by atoms with van der Waals surface area (Å²) >= 11 is 0. The van der Waals surface area contributed by atoms with Gasteiger partial charge in [-0.3, -0.25) is 9.59 Å². The van der Waals surface area contributed by atoms with Gasteiger partial charge in [0.2, 0.25) is 5.91 Å². The van der Waals surface area contributed by atoms with Crippen molar-refractivity contribution < 1.29 is 9.59 Å². The van der Waals surface area contributed by atoms with Crippen LogP contribution in [0.2, 0.25) is 0 Å². The zero-order valence-corrected chi connectivity index (χ0v) is 14.9. The number of hydrogen-bond acceptors (Lipinski definition) is 3. The molecule has 1 heterocycles. The zero-order chi connectivity index (χ0) is 18.2. The molecule has 0 bridgehead atoms. The van der Waals surface area contributed by atoms with Crippen molar-refractivity contribution in [3.05, 3.63) is 65.7 Å². The normalized spacial score (nSPS) is 13.9. The van der Waals surface area contributed by atoms with Crippen LogP contribution in [0.4, 0.5) is 5.69 Å². The van der Waals surface area contributed by atoms with Gasteiger partial charge in [-0.05, 0) is 37.0 Å². The molecule has 26 heavy (non-hydrogen) atoms. The van der Waals surface area contributed by atoms with Gasteiger partial charge in [0.05, 0.1) is 12.1 Å². The molecular formula is C21H25N3O2. The summed E-state index contributed by atoms with van der Waals surface area (Å²) in [5.74, 6) is -0.0634. The molecular weight excluding hydrogens is 326 g/mol. The molecule has 2 amide bonds. The monoisotopic (exact) mass is 351 g/mol. The predicted molar refractivity (Wildman–Crippen MR) is 103 cm³/mol. The van der Waals surface area contributed by atoms with Crippen molar-refractivity contribution in [1.29, 1.82) is 0 Å². The Hall–Kier alpha value is -2.82.